The molecule has 4 nitrogen and oxygen atoms in total. The van der Waals surface area contributed by atoms with Crippen LogP contribution in [0.1, 0.15) is 18.9 Å². The molecule has 0 atom stereocenters. The average molecular weight is 293 g/mol. The largest absolute Gasteiger partial charge is 0.313 e. The molecule has 0 bridgehead atoms. The third-order valence-corrected chi connectivity index (χ3v) is 3.70. The topological polar surface area (TPSA) is 57.8 Å². The van der Waals surface area contributed by atoms with E-state index < -0.39 is 0 Å². The lowest BCUT2D eigenvalue weighted by molar-refractivity contribution is 0.588. The fourth-order valence-corrected chi connectivity index (χ4v) is 2.60. The van der Waals surface area contributed by atoms with Crippen molar-refractivity contribution in [2.45, 2.75) is 29.9 Å². The first-order valence-corrected chi connectivity index (χ1v) is 7.23. The Kier molecular flexibility index (Phi) is 5.31. The molecule has 2 aromatic rings. The maximum atomic E-state index is 14.0. The van der Waals surface area contributed by atoms with Crippen LogP contribution in [-0.4, -0.2) is 16.5 Å². The molecule has 0 aliphatic rings. The van der Waals surface area contributed by atoms with Gasteiger partial charge in [0, 0.05) is 18.8 Å². The first kappa shape index (κ1) is 14.7. The summed E-state index contributed by atoms with van der Waals surface area (Å²) in [6.07, 6.45) is 2.43. The van der Waals surface area contributed by atoms with E-state index in [1.165, 1.54) is 18.3 Å². The molecule has 0 unspecified atom stereocenters. The van der Waals surface area contributed by atoms with Gasteiger partial charge in [-0.15, -0.1) is 0 Å². The number of hydrogen-bond donors (Lipinski definition) is 2. The predicted molar refractivity (Wildman–Crippen MR) is 77.4 cm³/mol. The molecule has 2 rings (SSSR count). The summed E-state index contributed by atoms with van der Waals surface area (Å²) in [5.41, 5.74) is 0.611. The molecule has 1 aromatic carbocycles. The Bertz CT molecular complexity index is 630. The summed E-state index contributed by atoms with van der Waals surface area (Å²) in [6, 6.07) is 6.29. The van der Waals surface area contributed by atoms with E-state index in [0.717, 1.165) is 30.3 Å². The van der Waals surface area contributed by atoms with Crippen LogP contribution in [0.2, 0.25) is 0 Å². The van der Waals surface area contributed by atoms with Gasteiger partial charge in [0.05, 0.1) is 4.90 Å². The fourth-order valence-electron chi connectivity index (χ4n) is 1.71. The molecule has 1 aromatic heterocycles. The van der Waals surface area contributed by atoms with Crippen LogP contribution < -0.4 is 10.9 Å². The molecule has 2 N–H and O–H groups in total. The summed E-state index contributed by atoms with van der Waals surface area (Å²) in [5, 5.41) is 3.63. The second-order valence-corrected chi connectivity index (χ2v) is 5.25. The van der Waals surface area contributed by atoms with E-state index in [4.69, 9.17) is 0 Å². The van der Waals surface area contributed by atoms with Gasteiger partial charge in [-0.25, -0.2) is 9.37 Å². The Morgan fingerprint density at radius 2 is 2.25 bits per heavy atom. The smallest absolute Gasteiger partial charge is 0.251 e. The molecule has 0 fully saturated rings. The Labute approximate surface area is 120 Å². The van der Waals surface area contributed by atoms with Crippen molar-refractivity contribution in [1.82, 2.24) is 15.3 Å². The lowest BCUT2D eigenvalue weighted by Crippen LogP contribution is -2.14. The number of nitrogens with zero attached hydrogens (tertiary/aromatic N) is 1. The zero-order valence-corrected chi connectivity index (χ0v) is 12.0. The van der Waals surface area contributed by atoms with Crippen molar-refractivity contribution in [2.75, 3.05) is 6.54 Å². The first-order chi connectivity index (χ1) is 9.70. The normalized spacial score (nSPS) is 10.7. The number of aromatic amines is 1. The molecule has 0 radical (unpaired) electrons. The van der Waals surface area contributed by atoms with Crippen LogP contribution in [0, 0.1) is 5.82 Å². The molecule has 1 heterocycles. The van der Waals surface area contributed by atoms with E-state index >= 15 is 0 Å². The quantitative estimate of drug-likeness (QED) is 0.635. The molecule has 0 amide bonds. The van der Waals surface area contributed by atoms with Gasteiger partial charge in [0.25, 0.3) is 5.56 Å². The van der Waals surface area contributed by atoms with Crippen molar-refractivity contribution in [3.05, 3.63) is 52.2 Å². The van der Waals surface area contributed by atoms with E-state index in [-0.39, 0.29) is 11.4 Å². The number of H-pyrrole nitrogens is 1. The van der Waals surface area contributed by atoms with Crippen LogP contribution in [0.3, 0.4) is 0 Å². The fraction of sp³-hybridized carbons (Fsp3) is 0.286. The van der Waals surface area contributed by atoms with Crippen LogP contribution in [-0.2, 0) is 6.54 Å². The molecule has 20 heavy (non-hydrogen) atoms. The highest BCUT2D eigenvalue weighted by atomic mass is 32.2. The highest BCUT2D eigenvalue weighted by Gasteiger charge is 2.11. The minimum Gasteiger partial charge on any atom is -0.313 e. The number of aromatic nitrogens is 2. The molecule has 0 spiro atoms. The lowest BCUT2D eigenvalue weighted by Gasteiger charge is -2.10. The summed E-state index contributed by atoms with van der Waals surface area (Å²) in [7, 11) is 0. The summed E-state index contributed by atoms with van der Waals surface area (Å²) in [6.45, 7) is 3.54. The maximum absolute atomic E-state index is 14.0. The highest BCUT2D eigenvalue weighted by Crippen LogP contribution is 2.29. The van der Waals surface area contributed by atoms with Gasteiger partial charge in [-0.3, -0.25) is 4.79 Å². The van der Waals surface area contributed by atoms with Gasteiger partial charge in [0.1, 0.15) is 5.82 Å². The van der Waals surface area contributed by atoms with E-state index in [1.807, 2.05) is 6.07 Å². The molecular formula is C14H16FN3OS. The number of nitrogens with one attached hydrogen (secondary N) is 2. The van der Waals surface area contributed by atoms with Gasteiger partial charge in [0.2, 0.25) is 0 Å². The highest BCUT2D eigenvalue weighted by molar-refractivity contribution is 7.99. The molecule has 106 valence electrons. The van der Waals surface area contributed by atoms with Crippen LogP contribution in [0.15, 0.2) is 45.3 Å². The molecule has 0 aliphatic heterocycles. The van der Waals surface area contributed by atoms with Gasteiger partial charge in [-0.05, 0) is 36.4 Å². The van der Waals surface area contributed by atoms with Gasteiger partial charge in [-0.2, -0.15) is 0 Å². The Balaban J connectivity index is 2.23. The number of rotatable bonds is 6. The van der Waals surface area contributed by atoms with Crippen LogP contribution in [0.5, 0.6) is 0 Å². The zero-order chi connectivity index (χ0) is 14.4. The lowest BCUT2D eigenvalue weighted by atomic mass is 10.2. The van der Waals surface area contributed by atoms with Gasteiger partial charge < -0.3 is 10.3 Å². The molecule has 0 saturated heterocycles. The Hall–Kier alpha value is -1.66. The van der Waals surface area contributed by atoms with E-state index in [1.54, 1.807) is 6.07 Å². The second kappa shape index (κ2) is 7.21. The van der Waals surface area contributed by atoms with Crippen molar-refractivity contribution in [3.63, 3.8) is 0 Å². The summed E-state index contributed by atoms with van der Waals surface area (Å²) in [4.78, 5) is 18.4. The second-order valence-electron chi connectivity index (χ2n) is 4.25. The van der Waals surface area contributed by atoms with Crippen molar-refractivity contribution in [1.29, 1.82) is 0 Å². The van der Waals surface area contributed by atoms with Gasteiger partial charge >= 0.3 is 0 Å². The zero-order valence-electron chi connectivity index (χ0n) is 11.1. The SMILES string of the molecule is CCCNCc1cccc(F)c1Sc1nccc(=O)[nH]1. The van der Waals surface area contributed by atoms with Crippen LogP contribution in [0.25, 0.3) is 0 Å². The monoisotopic (exact) mass is 293 g/mol. The maximum Gasteiger partial charge on any atom is 0.251 e. The van der Waals surface area contributed by atoms with Gasteiger partial charge in [0.15, 0.2) is 5.16 Å². The summed E-state index contributed by atoms with van der Waals surface area (Å²) < 4.78 is 14.0. The van der Waals surface area contributed by atoms with E-state index in [9.17, 15) is 9.18 Å². The van der Waals surface area contributed by atoms with Crippen LogP contribution >= 0.6 is 11.8 Å². The molecular weight excluding hydrogens is 277 g/mol. The van der Waals surface area contributed by atoms with E-state index in [2.05, 4.69) is 22.2 Å². The predicted octanol–water partition coefficient (Wildman–Crippen LogP) is 2.56. The number of benzene rings is 1. The minimum atomic E-state index is -0.308. The van der Waals surface area contributed by atoms with Crippen molar-refractivity contribution >= 4 is 11.8 Å². The average Bonchev–Trinajstić information content (AvgIpc) is 2.43. The van der Waals surface area contributed by atoms with Crippen molar-refractivity contribution < 1.29 is 4.39 Å². The third-order valence-electron chi connectivity index (χ3n) is 2.64. The molecule has 6 heteroatoms. The van der Waals surface area contributed by atoms with Gasteiger partial charge in [-0.1, -0.05) is 19.1 Å². The number of hydrogen-bond acceptors (Lipinski definition) is 4. The molecule has 0 saturated carbocycles. The third kappa shape index (κ3) is 3.91. The van der Waals surface area contributed by atoms with Crippen molar-refractivity contribution in [3.8, 4) is 0 Å². The van der Waals surface area contributed by atoms with Crippen molar-refractivity contribution in [2.24, 2.45) is 0 Å². The summed E-state index contributed by atoms with van der Waals surface area (Å²) in [5.74, 6) is -0.308. The molecule has 0 aliphatic carbocycles. The Morgan fingerprint density at radius 1 is 1.40 bits per heavy atom. The Morgan fingerprint density at radius 3 is 3.00 bits per heavy atom. The summed E-state index contributed by atoms with van der Waals surface area (Å²) >= 11 is 1.13. The van der Waals surface area contributed by atoms with Crippen LogP contribution in [0.4, 0.5) is 4.39 Å². The van der Waals surface area contributed by atoms with E-state index in [0.29, 0.717) is 16.6 Å². The first-order valence-electron chi connectivity index (χ1n) is 6.42. The number of halogens is 1. The standard InChI is InChI=1S/C14H16FN3OS/c1-2-7-16-9-10-4-3-5-11(15)13(10)20-14-17-8-6-12(19)18-14/h3-6,8,16H,2,7,9H2,1H3,(H,17,18,19). The minimum absolute atomic E-state index is 0.246.